The molecule has 0 aromatic heterocycles. The molecule has 0 saturated carbocycles. The largest absolute Gasteiger partial charge is 0.343 e. The molecular weight excluding hydrogens is 641 g/mol. The van der Waals surface area contributed by atoms with Gasteiger partial charge in [-0.3, -0.25) is 4.99 Å². The highest BCUT2D eigenvalue weighted by molar-refractivity contribution is 6.08. The summed E-state index contributed by atoms with van der Waals surface area (Å²) in [5, 5.41) is 8.16. The first-order valence-electron chi connectivity index (χ1n) is 19.2. The Hall–Kier alpha value is -5.99. The first-order chi connectivity index (χ1) is 26.3. The van der Waals surface area contributed by atoms with E-state index in [0.29, 0.717) is 5.92 Å². The Morgan fingerprint density at radius 1 is 0.528 bits per heavy atom. The molecule has 2 nitrogen and oxygen atoms in total. The van der Waals surface area contributed by atoms with Gasteiger partial charge < -0.3 is 4.90 Å². The number of hydrogen-bond donors (Lipinski definition) is 0. The van der Waals surface area contributed by atoms with Crippen LogP contribution in [0.15, 0.2) is 181 Å². The number of aliphatic imine (C=N–C) groups is 1. The standard InChI is InChI=1S/C51H42N2/c1-4-16-40(17-5-1)51(41-18-6-2-7-19-41,42-20-8-3-9-21-42)53-34-43(52-35-53)33-50-45-23-13-11-15-37(45)24-28-47(50)39-26-29-46-38(32-39)27-31-48-44-22-12-10-14-36(44)25-30-49(46)48/h1-25,27-28,30-31,35,39,43H,26,29,32-34H2. The molecule has 53 heavy (non-hydrogen) atoms. The Labute approximate surface area is 312 Å². The van der Waals surface area contributed by atoms with E-state index >= 15 is 0 Å². The summed E-state index contributed by atoms with van der Waals surface area (Å²) in [7, 11) is 0. The normalized spacial score (nSPS) is 17.1. The third kappa shape index (κ3) is 5.35. The van der Waals surface area contributed by atoms with Crippen LogP contribution in [0.1, 0.15) is 51.3 Å². The molecule has 0 amide bonds. The molecule has 0 N–H and O–H groups in total. The molecule has 0 fully saturated rings. The van der Waals surface area contributed by atoms with Crippen LogP contribution in [0.3, 0.4) is 0 Å². The van der Waals surface area contributed by atoms with Gasteiger partial charge in [0.05, 0.1) is 12.4 Å². The van der Waals surface area contributed by atoms with Crippen molar-refractivity contribution in [3.63, 3.8) is 0 Å². The Kier molecular flexibility index (Phi) is 7.90. The van der Waals surface area contributed by atoms with Crippen LogP contribution in [-0.4, -0.2) is 23.8 Å². The third-order valence-corrected chi connectivity index (χ3v) is 12.1. The topological polar surface area (TPSA) is 15.6 Å². The molecule has 2 aliphatic rings. The van der Waals surface area contributed by atoms with Crippen LogP contribution in [0.25, 0.3) is 32.3 Å². The van der Waals surface area contributed by atoms with E-state index in [4.69, 9.17) is 4.99 Å². The van der Waals surface area contributed by atoms with Crippen LogP contribution >= 0.6 is 0 Å². The van der Waals surface area contributed by atoms with Crippen LogP contribution in [0.4, 0.5) is 0 Å². The van der Waals surface area contributed by atoms with E-state index in [1.807, 2.05) is 0 Å². The summed E-state index contributed by atoms with van der Waals surface area (Å²) >= 11 is 0. The van der Waals surface area contributed by atoms with E-state index in [0.717, 1.165) is 32.2 Å². The molecule has 2 unspecified atom stereocenters. The van der Waals surface area contributed by atoms with Crippen molar-refractivity contribution in [1.82, 2.24) is 4.90 Å². The molecule has 0 spiro atoms. The van der Waals surface area contributed by atoms with Gasteiger partial charge in [0.2, 0.25) is 0 Å². The average molecular weight is 683 g/mol. The number of hydrogen-bond acceptors (Lipinski definition) is 2. The number of aryl methyl sites for hydroxylation is 1. The highest BCUT2D eigenvalue weighted by Gasteiger charge is 2.43. The average Bonchev–Trinajstić information content (AvgIpc) is 3.70. The summed E-state index contributed by atoms with van der Waals surface area (Å²) in [6.45, 7) is 0.828. The second-order valence-corrected chi connectivity index (χ2v) is 15.0. The monoisotopic (exact) mass is 682 g/mol. The smallest absolute Gasteiger partial charge is 0.117 e. The highest BCUT2D eigenvalue weighted by atomic mass is 15.3. The molecule has 2 heteroatoms. The van der Waals surface area contributed by atoms with E-state index in [-0.39, 0.29) is 6.04 Å². The maximum Gasteiger partial charge on any atom is 0.117 e. The van der Waals surface area contributed by atoms with Gasteiger partial charge in [-0.15, -0.1) is 0 Å². The van der Waals surface area contributed by atoms with Crippen molar-refractivity contribution < 1.29 is 0 Å². The molecule has 256 valence electrons. The number of benzene rings is 8. The molecule has 1 heterocycles. The zero-order valence-electron chi connectivity index (χ0n) is 29.9. The maximum atomic E-state index is 5.34. The molecule has 8 aromatic carbocycles. The van der Waals surface area contributed by atoms with Crippen molar-refractivity contribution in [2.45, 2.75) is 43.2 Å². The SMILES string of the molecule is C1=NC(Cc2c(C3CCc4c(ccc5c4ccc4ccccc45)C3)ccc3ccccc23)CN1C(c1ccccc1)(c1ccccc1)c1ccccc1. The van der Waals surface area contributed by atoms with E-state index in [2.05, 4.69) is 187 Å². The van der Waals surface area contributed by atoms with Crippen LogP contribution < -0.4 is 0 Å². The van der Waals surface area contributed by atoms with Gasteiger partial charge in [0.1, 0.15) is 5.54 Å². The highest BCUT2D eigenvalue weighted by Crippen LogP contribution is 2.44. The molecule has 2 atom stereocenters. The fourth-order valence-electron chi connectivity index (χ4n) is 9.70. The predicted octanol–water partition coefficient (Wildman–Crippen LogP) is 11.7. The van der Waals surface area contributed by atoms with Crippen molar-refractivity contribution in [3.05, 3.63) is 215 Å². The summed E-state index contributed by atoms with van der Waals surface area (Å²) in [6.07, 6.45) is 6.39. The quantitative estimate of drug-likeness (QED) is 0.121. The summed E-state index contributed by atoms with van der Waals surface area (Å²) < 4.78 is 0. The van der Waals surface area contributed by atoms with Crippen LogP contribution in [0.2, 0.25) is 0 Å². The molecular formula is C51H42N2. The van der Waals surface area contributed by atoms with Crippen molar-refractivity contribution in [2.75, 3.05) is 6.54 Å². The summed E-state index contributed by atoms with van der Waals surface area (Å²) in [5.41, 5.74) is 9.25. The van der Waals surface area contributed by atoms with Gasteiger partial charge in [-0.2, -0.15) is 0 Å². The zero-order chi connectivity index (χ0) is 35.2. The lowest BCUT2D eigenvalue weighted by Gasteiger charge is -2.43. The van der Waals surface area contributed by atoms with Gasteiger partial charge in [-0.25, -0.2) is 0 Å². The van der Waals surface area contributed by atoms with Gasteiger partial charge in [0, 0.05) is 6.54 Å². The Bertz CT molecular complexity index is 2510. The lowest BCUT2D eigenvalue weighted by Crippen LogP contribution is -2.47. The van der Waals surface area contributed by atoms with Gasteiger partial charge in [0.25, 0.3) is 0 Å². The molecule has 0 radical (unpaired) electrons. The second kappa shape index (κ2) is 13.2. The first kappa shape index (κ1) is 31.7. The Morgan fingerprint density at radius 3 is 1.77 bits per heavy atom. The minimum atomic E-state index is -0.509. The van der Waals surface area contributed by atoms with Crippen LogP contribution in [0.5, 0.6) is 0 Å². The van der Waals surface area contributed by atoms with Crippen molar-refractivity contribution in [2.24, 2.45) is 4.99 Å². The fraction of sp³-hybridized carbons (Fsp3) is 0.157. The first-order valence-corrected chi connectivity index (χ1v) is 19.2. The van der Waals surface area contributed by atoms with E-state index in [1.165, 1.54) is 65.7 Å². The molecule has 1 aliphatic heterocycles. The number of rotatable bonds is 7. The lowest BCUT2D eigenvalue weighted by molar-refractivity contribution is 0.279. The summed E-state index contributed by atoms with van der Waals surface area (Å²) in [5.74, 6) is 0.471. The van der Waals surface area contributed by atoms with Crippen molar-refractivity contribution in [1.29, 1.82) is 0 Å². The van der Waals surface area contributed by atoms with Crippen molar-refractivity contribution in [3.8, 4) is 0 Å². The van der Waals surface area contributed by atoms with Gasteiger partial charge >= 0.3 is 0 Å². The molecule has 8 aromatic rings. The predicted molar refractivity (Wildman–Crippen MR) is 222 cm³/mol. The maximum absolute atomic E-state index is 5.34. The van der Waals surface area contributed by atoms with Crippen molar-refractivity contribution >= 4 is 38.7 Å². The zero-order valence-corrected chi connectivity index (χ0v) is 29.9. The molecule has 0 bridgehead atoms. The fourth-order valence-corrected chi connectivity index (χ4v) is 9.70. The van der Waals surface area contributed by atoms with Gasteiger partial charge in [0.15, 0.2) is 0 Å². The number of nitrogens with zero attached hydrogens (tertiary/aromatic N) is 2. The van der Waals surface area contributed by atoms with E-state index in [1.54, 1.807) is 5.56 Å². The van der Waals surface area contributed by atoms with Crippen LogP contribution in [-0.2, 0) is 24.8 Å². The van der Waals surface area contributed by atoms with E-state index in [9.17, 15) is 0 Å². The minimum absolute atomic E-state index is 0.128. The minimum Gasteiger partial charge on any atom is -0.343 e. The van der Waals surface area contributed by atoms with Gasteiger partial charge in [-0.1, -0.05) is 176 Å². The molecule has 10 rings (SSSR count). The van der Waals surface area contributed by atoms with Gasteiger partial charge in [-0.05, 0) is 103 Å². The molecule has 1 aliphatic carbocycles. The Morgan fingerprint density at radius 2 is 1.09 bits per heavy atom. The molecule has 0 saturated heterocycles. The summed E-state index contributed by atoms with van der Waals surface area (Å²) in [4.78, 5) is 7.85. The lowest BCUT2D eigenvalue weighted by atomic mass is 9.75. The summed E-state index contributed by atoms with van der Waals surface area (Å²) in [6, 6.07) is 65.1. The van der Waals surface area contributed by atoms with E-state index < -0.39 is 5.54 Å². The van der Waals surface area contributed by atoms with Crippen LogP contribution in [0, 0.1) is 0 Å². The third-order valence-electron chi connectivity index (χ3n) is 12.1. The Balaban J connectivity index is 1.02. The second-order valence-electron chi connectivity index (χ2n) is 15.0. The number of fused-ring (bicyclic) bond motifs is 6.